The molecule has 0 bridgehead atoms. The number of phenolic OH excluding ortho intramolecular Hbond substituents is 1. The van der Waals surface area contributed by atoms with E-state index >= 15 is 0 Å². The normalized spacial score (nSPS) is 22.7. The fourth-order valence-electron chi connectivity index (χ4n) is 3.21. The van der Waals surface area contributed by atoms with E-state index in [-0.39, 0.29) is 5.75 Å². The molecule has 2 aromatic carbocycles. The molecule has 2 aromatic rings. The van der Waals surface area contributed by atoms with E-state index in [1.165, 1.54) is 13.2 Å². The maximum atomic E-state index is 13.5. The van der Waals surface area contributed by atoms with Gasteiger partial charge in [0.25, 0.3) is 0 Å². The van der Waals surface area contributed by atoms with Crippen LogP contribution < -0.4 is 20.3 Å². The quantitative estimate of drug-likeness (QED) is 0.755. The molecule has 0 aromatic heterocycles. The summed E-state index contributed by atoms with van der Waals surface area (Å²) in [4.78, 5) is 0. The number of nitrogens with one attached hydrogen (secondary N) is 2. The zero-order chi connectivity index (χ0) is 19.8. The lowest BCUT2D eigenvalue weighted by atomic mass is 9.95. The lowest BCUT2D eigenvalue weighted by molar-refractivity contribution is -0.167. The predicted octanol–water partition coefficient (Wildman–Crippen LogP) is 3.55. The molecule has 3 N–H and O–H groups in total. The monoisotopic (exact) mass is 382 g/mol. The van der Waals surface area contributed by atoms with Gasteiger partial charge in [0.1, 0.15) is 23.4 Å². The summed E-state index contributed by atoms with van der Waals surface area (Å²) < 4.78 is 51.5. The highest BCUT2D eigenvalue weighted by Crippen LogP contribution is 2.40. The van der Waals surface area contributed by atoms with E-state index in [0.29, 0.717) is 22.6 Å². The third kappa shape index (κ3) is 3.68. The van der Waals surface area contributed by atoms with Crippen molar-refractivity contribution >= 4 is 0 Å². The van der Waals surface area contributed by atoms with Crippen LogP contribution in [0.2, 0.25) is 0 Å². The molecule has 3 unspecified atom stereocenters. The number of hydrogen-bond donors (Lipinski definition) is 3. The van der Waals surface area contributed by atoms with Crippen molar-refractivity contribution in [3.63, 3.8) is 0 Å². The number of hydrazine groups is 1. The van der Waals surface area contributed by atoms with Crippen LogP contribution in [-0.4, -0.2) is 30.5 Å². The minimum atomic E-state index is -4.54. The fraction of sp³-hybridized carbons (Fsp3) is 0.368. The molecule has 146 valence electrons. The van der Waals surface area contributed by atoms with Gasteiger partial charge in [-0.3, -0.25) is 0 Å². The number of methoxy groups -OCH3 is 1. The first-order valence-corrected chi connectivity index (χ1v) is 8.40. The van der Waals surface area contributed by atoms with Crippen molar-refractivity contribution in [2.75, 3.05) is 7.11 Å². The van der Waals surface area contributed by atoms with Gasteiger partial charge in [0.2, 0.25) is 0 Å². The lowest BCUT2D eigenvalue weighted by Crippen LogP contribution is -2.47. The van der Waals surface area contributed by atoms with Crippen LogP contribution in [0.15, 0.2) is 36.4 Å². The maximum Gasteiger partial charge on any atom is 0.408 e. The van der Waals surface area contributed by atoms with Crippen molar-refractivity contribution in [2.45, 2.75) is 38.2 Å². The summed E-state index contributed by atoms with van der Waals surface area (Å²) >= 11 is 0. The number of ether oxygens (including phenoxy) is 2. The molecule has 0 amide bonds. The molecule has 1 heterocycles. The van der Waals surface area contributed by atoms with E-state index in [1.54, 1.807) is 44.2 Å². The number of aryl methyl sites for hydroxylation is 1. The third-order valence-electron chi connectivity index (χ3n) is 4.73. The van der Waals surface area contributed by atoms with Crippen molar-refractivity contribution in [1.82, 2.24) is 10.9 Å². The highest BCUT2D eigenvalue weighted by atomic mass is 19.4. The number of alkyl halides is 3. The van der Waals surface area contributed by atoms with Gasteiger partial charge in [-0.05, 0) is 37.6 Å². The summed E-state index contributed by atoms with van der Waals surface area (Å²) in [6, 6.07) is 7.15. The average Bonchev–Trinajstić information content (AvgIpc) is 3.03. The molecular weight excluding hydrogens is 361 g/mol. The van der Waals surface area contributed by atoms with Crippen molar-refractivity contribution in [1.29, 1.82) is 0 Å². The van der Waals surface area contributed by atoms with Crippen LogP contribution in [0.1, 0.15) is 22.7 Å². The Morgan fingerprint density at radius 2 is 1.70 bits per heavy atom. The number of aromatic hydroxyl groups is 1. The Bertz CT molecular complexity index is 826. The van der Waals surface area contributed by atoms with Gasteiger partial charge in [0.05, 0.1) is 13.2 Å². The largest absolute Gasteiger partial charge is 0.507 e. The molecule has 0 saturated carbocycles. The second kappa shape index (κ2) is 7.28. The molecule has 27 heavy (non-hydrogen) atoms. The number of rotatable bonds is 4. The molecule has 0 spiro atoms. The number of halogens is 3. The zero-order valence-electron chi connectivity index (χ0n) is 15.1. The summed E-state index contributed by atoms with van der Waals surface area (Å²) in [6.07, 6.45) is -5.85. The first kappa shape index (κ1) is 19.3. The van der Waals surface area contributed by atoms with Crippen LogP contribution in [0.4, 0.5) is 13.2 Å². The highest BCUT2D eigenvalue weighted by Gasteiger charge is 2.54. The Morgan fingerprint density at radius 3 is 2.33 bits per heavy atom. The SMILES string of the molecule is COc1ccc(C2NNC(C(F)(F)F)C2Oc2ccccc2C)c(O)c1C. The number of benzene rings is 2. The summed E-state index contributed by atoms with van der Waals surface area (Å²) in [5, 5.41) is 10.5. The Labute approximate surface area is 155 Å². The van der Waals surface area contributed by atoms with Crippen LogP contribution in [0, 0.1) is 13.8 Å². The second-order valence-electron chi connectivity index (χ2n) is 6.46. The Hall–Kier alpha value is -2.45. The van der Waals surface area contributed by atoms with Crippen LogP contribution in [-0.2, 0) is 0 Å². The van der Waals surface area contributed by atoms with Crippen LogP contribution >= 0.6 is 0 Å². The van der Waals surface area contributed by atoms with Crippen LogP contribution in [0.25, 0.3) is 0 Å². The van der Waals surface area contributed by atoms with Gasteiger partial charge in [0, 0.05) is 11.1 Å². The van der Waals surface area contributed by atoms with Crippen LogP contribution in [0.5, 0.6) is 17.2 Å². The summed E-state index contributed by atoms with van der Waals surface area (Å²) in [5.41, 5.74) is 6.36. The van der Waals surface area contributed by atoms with Gasteiger partial charge in [0.15, 0.2) is 6.04 Å². The Balaban J connectivity index is 2.01. The molecule has 1 aliphatic heterocycles. The van der Waals surface area contributed by atoms with Gasteiger partial charge < -0.3 is 14.6 Å². The average molecular weight is 382 g/mol. The summed E-state index contributed by atoms with van der Waals surface area (Å²) in [5.74, 6) is 0.679. The molecule has 0 aliphatic carbocycles. The van der Waals surface area contributed by atoms with Crippen molar-refractivity contribution < 1.29 is 27.8 Å². The molecule has 1 aliphatic rings. The number of phenols is 1. The van der Waals surface area contributed by atoms with Crippen molar-refractivity contribution in [3.05, 3.63) is 53.1 Å². The molecular formula is C19H21F3N2O3. The predicted molar refractivity (Wildman–Crippen MR) is 93.8 cm³/mol. The zero-order valence-corrected chi connectivity index (χ0v) is 15.1. The maximum absolute atomic E-state index is 13.5. The van der Waals surface area contributed by atoms with E-state index < -0.39 is 24.4 Å². The van der Waals surface area contributed by atoms with Gasteiger partial charge >= 0.3 is 6.18 Å². The first-order chi connectivity index (χ1) is 12.7. The van der Waals surface area contributed by atoms with Gasteiger partial charge in [-0.1, -0.05) is 18.2 Å². The summed E-state index contributed by atoms with van der Waals surface area (Å²) in [6.45, 7) is 3.40. The molecule has 1 fully saturated rings. The van der Waals surface area contributed by atoms with E-state index in [1.807, 2.05) is 0 Å². The first-order valence-electron chi connectivity index (χ1n) is 8.40. The Kier molecular flexibility index (Phi) is 5.21. The van der Waals surface area contributed by atoms with Crippen LogP contribution in [0.3, 0.4) is 0 Å². The van der Waals surface area contributed by atoms with Crippen molar-refractivity contribution in [2.24, 2.45) is 0 Å². The molecule has 1 saturated heterocycles. The molecule has 0 radical (unpaired) electrons. The Morgan fingerprint density at radius 1 is 1.00 bits per heavy atom. The fourth-order valence-corrected chi connectivity index (χ4v) is 3.21. The molecule has 8 heteroatoms. The summed E-state index contributed by atoms with van der Waals surface area (Å²) in [7, 11) is 1.46. The minimum Gasteiger partial charge on any atom is -0.507 e. The molecule has 3 atom stereocenters. The van der Waals surface area contributed by atoms with Gasteiger partial charge in [-0.2, -0.15) is 13.2 Å². The van der Waals surface area contributed by atoms with Gasteiger partial charge in [-0.15, -0.1) is 0 Å². The van der Waals surface area contributed by atoms with E-state index in [0.717, 1.165) is 5.56 Å². The lowest BCUT2D eigenvalue weighted by Gasteiger charge is -2.27. The van der Waals surface area contributed by atoms with Crippen molar-refractivity contribution in [3.8, 4) is 17.2 Å². The molecule has 5 nitrogen and oxygen atoms in total. The number of para-hydroxylation sites is 1. The topological polar surface area (TPSA) is 62.8 Å². The van der Waals surface area contributed by atoms with E-state index in [2.05, 4.69) is 10.9 Å². The smallest absolute Gasteiger partial charge is 0.408 e. The van der Waals surface area contributed by atoms with Gasteiger partial charge in [-0.25, -0.2) is 10.9 Å². The van der Waals surface area contributed by atoms with E-state index in [9.17, 15) is 18.3 Å². The van der Waals surface area contributed by atoms with E-state index in [4.69, 9.17) is 9.47 Å². The third-order valence-corrected chi connectivity index (χ3v) is 4.73. The molecule has 3 rings (SSSR count). The second-order valence-corrected chi connectivity index (χ2v) is 6.46. The minimum absolute atomic E-state index is 0.130. The standard InChI is InChI=1S/C19H21F3N2O3/c1-10-6-4-5-7-13(10)27-17-15(23-24-18(17)19(20,21)22)12-8-9-14(26-3)11(2)16(12)25/h4-9,15,17-18,23-25H,1-3H3. The highest BCUT2D eigenvalue weighted by molar-refractivity contribution is 5.50. The number of hydrogen-bond acceptors (Lipinski definition) is 5.